The van der Waals surface area contributed by atoms with Crippen molar-refractivity contribution in [3.05, 3.63) is 53.1 Å². The largest absolute Gasteiger partial charge is 0.416 e. The summed E-state index contributed by atoms with van der Waals surface area (Å²) < 4.78 is 90.6. The Labute approximate surface area is 159 Å². The molecule has 0 saturated heterocycles. The number of hydrogen-bond donors (Lipinski definition) is 1. The van der Waals surface area contributed by atoms with E-state index in [-0.39, 0.29) is 9.92 Å². The van der Waals surface area contributed by atoms with Gasteiger partial charge in [-0.1, -0.05) is 17.7 Å². The van der Waals surface area contributed by atoms with Crippen molar-refractivity contribution in [3.8, 4) is 0 Å². The first-order valence-corrected chi connectivity index (χ1v) is 10.5. The van der Waals surface area contributed by atoms with E-state index in [2.05, 4.69) is 0 Å². The lowest BCUT2D eigenvalue weighted by Gasteiger charge is -2.14. The Hall–Kier alpha value is -1.82. The summed E-state index contributed by atoms with van der Waals surface area (Å²) in [4.78, 5) is -0.732. The maximum Gasteiger partial charge on any atom is 0.416 e. The topological polar surface area (TPSA) is 83.6 Å². The SMILES string of the molecule is CN(C)S(=O)(=O)c1cccc(S(=O)(=O)Nc2cc(C(F)(F)F)ccc2Cl)c1. The zero-order chi connectivity index (χ0) is 20.6. The first kappa shape index (κ1) is 21.5. The van der Waals surface area contributed by atoms with Crippen LogP contribution in [0.5, 0.6) is 0 Å². The molecule has 0 aromatic heterocycles. The average Bonchev–Trinajstić information content (AvgIpc) is 2.55. The van der Waals surface area contributed by atoms with Crippen LogP contribution >= 0.6 is 11.6 Å². The van der Waals surface area contributed by atoms with E-state index >= 15 is 0 Å². The lowest BCUT2D eigenvalue weighted by Crippen LogP contribution is -2.22. The number of nitrogens with zero attached hydrogens (tertiary/aromatic N) is 1. The molecule has 1 N–H and O–H groups in total. The van der Waals surface area contributed by atoms with Crippen LogP contribution in [0.3, 0.4) is 0 Å². The Morgan fingerprint density at radius 3 is 2.11 bits per heavy atom. The van der Waals surface area contributed by atoms with Gasteiger partial charge in [-0.25, -0.2) is 21.1 Å². The normalized spacial score (nSPS) is 13.0. The molecule has 12 heteroatoms. The van der Waals surface area contributed by atoms with Crippen LogP contribution in [0.1, 0.15) is 5.56 Å². The molecule has 0 saturated carbocycles. The molecule has 2 rings (SSSR count). The van der Waals surface area contributed by atoms with Gasteiger partial charge in [-0.2, -0.15) is 13.2 Å². The molecule has 6 nitrogen and oxygen atoms in total. The van der Waals surface area contributed by atoms with Gasteiger partial charge in [0.05, 0.1) is 26.1 Å². The zero-order valence-electron chi connectivity index (χ0n) is 14.0. The minimum atomic E-state index is -4.69. The van der Waals surface area contributed by atoms with Crippen molar-refractivity contribution in [1.82, 2.24) is 4.31 Å². The van der Waals surface area contributed by atoms with Gasteiger partial charge in [0.25, 0.3) is 10.0 Å². The van der Waals surface area contributed by atoms with Crippen LogP contribution < -0.4 is 4.72 Å². The Morgan fingerprint density at radius 1 is 0.963 bits per heavy atom. The molecule has 0 bridgehead atoms. The summed E-state index contributed by atoms with van der Waals surface area (Å²) in [6.45, 7) is 0. The van der Waals surface area contributed by atoms with Crippen molar-refractivity contribution < 1.29 is 30.0 Å². The predicted molar refractivity (Wildman–Crippen MR) is 94.6 cm³/mol. The number of anilines is 1. The maximum atomic E-state index is 12.8. The molecule has 0 amide bonds. The molecule has 0 radical (unpaired) electrons. The number of rotatable bonds is 5. The van der Waals surface area contributed by atoms with E-state index in [1.807, 2.05) is 4.72 Å². The van der Waals surface area contributed by atoms with E-state index in [0.29, 0.717) is 12.1 Å². The minimum absolute atomic E-state index is 0.247. The molecule has 0 aliphatic carbocycles. The average molecular weight is 443 g/mol. The molecule has 2 aromatic rings. The van der Waals surface area contributed by atoms with Crippen LogP contribution in [0.25, 0.3) is 0 Å². The van der Waals surface area contributed by atoms with Gasteiger partial charge < -0.3 is 0 Å². The summed E-state index contributed by atoms with van der Waals surface area (Å²) in [6.07, 6.45) is -4.69. The quantitative estimate of drug-likeness (QED) is 0.769. The first-order valence-electron chi connectivity index (χ1n) is 7.17. The van der Waals surface area contributed by atoms with Gasteiger partial charge in [0.2, 0.25) is 10.0 Å². The van der Waals surface area contributed by atoms with E-state index < -0.39 is 42.4 Å². The Bertz CT molecular complexity index is 1070. The summed E-state index contributed by atoms with van der Waals surface area (Å²) in [6, 6.07) is 6.60. The van der Waals surface area contributed by atoms with Gasteiger partial charge in [-0.3, -0.25) is 4.72 Å². The molecule has 0 heterocycles. The van der Waals surface area contributed by atoms with Crippen molar-refractivity contribution in [2.75, 3.05) is 18.8 Å². The highest BCUT2D eigenvalue weighted by Crippen LogP contribution is 2.34. The van der Waals surface area contributed by atoms with Gasteiger partial charge in [0.15, 0.2) is 0 Å². The zero-order valence-corrected chi connectivity index (χ0v) is 16.3. The summed E-state index contributed by atoms with van der Waals surface area (Å²) in [5.74, 6) is 0. The molecular formula is C15H14ClF3N2O4S2. The first-order chi connectivity index (χ1) is 12.2. The number of benzene rings is 2. The minimum Gasteiger partial charge on any atom is -0.278 e. The fourth-order valence-electron chi connectivity index (χ4n) is 2.00. The highest BCUT2D eigenvalue weighted by molar-refractivity contribution is 7.93. The molecule has 0 unspecified atom stereocenters. The van der Waals surface area contributed by atoms with Crippen molar-refractivity contribution in [1.29, 1.82) is 0 Å². The molecule has 27 heavy (non-hydrogen) atoms. The van der Waals surface area contributed by atoms with E-state index in [9.17, 15) is 30.0 Å². The van der Waals surface area contributed by atoms with Crippen LogP contribution in [0.4, 0.5) is 18.9 Å². The van der Waals surface area contributed by atoms with Crippen LogP contribution in [0, 0.1) is 0 Å². The predicted octanol–water partition coefficient (Wildman–Crippen LogP) is 3.41. The number of nitrogens with one attached hydrogen (secondary N) is 1. The van der Waals surface area contributed by atoms with Crippen LogP contribution in [0.2, 0.25) is 5.02 Å². The van der Waals surface area contributed by atoms with E-state index in [1.165, 1.54) is 26.2 Å². The van der Waals surface area contributed by atoms with Crippen molar-refractivity contribution in [2.45, 2.75) is 16.0 Å². The Balaban J connectivity index is 2.47. The van der Waals surface area contributed by atoms with Crippen LogP contribution in [-0.4, -0.2) is 35.2 Å². The second-order valence-electron chi connectivity index (χ2n) is 5.56. The van der Waals surface area contributed by atoms with E-state index in [4.69, 9.17) is 11.6 Å². The Kier molecular flexibility index (Phi) is 5.81. The number of halogens is 4. The summed E-state index contributed by atoms with van der Waals surface area (Å²) >= 11 is 5.79. The third kappa shape index (κ3) is 4.72. The lowest BCUT2D eigenvalue weighted by atomic mass is 10.2. The second kappa shape index (κ2) is 7.30. The van der Waals surface area contributed by atoms with Gasteiger partial charge >= 0.3 is 6.18 Å². The van der Waals surface area contributed by atoms with Gasteiger partial charge in [-0.05, 0) is 36.4 Å². The standard InChI is InChI=1S/C15H14ClF3N2O4S2/c1-21(2)27(24,25)12-5-3-4-11(9-12)26(22,23)20-14-8-10(15(17,18)19)6-7-13(14)16/h3-9,20H,1-2H3. The van der Waals surface area contributed by atoms with Crippen molar-refractivity contribution >= 4 is 37.3 Å². The summed E-state index contributed by atoms with van der Waals surface area (Å²) in [5.41, 5.74) is -1.57. The third-order valence-electron chi connectivity index (χ3n) is 3.43. The Morgan fingerprint density at radius 2 is 1.56 bits per heavy atom. The molecule has 0 atom stereocenters. The molecule has 148 valence electrons. The van der Waals surface area contributed by atoms with Crippen LogP contribution in [-0.2, 0) is 26.2 Å². The smallest absolute Gasteiger partial charge is 0.278 e. The molecule has 2 aromatic carbocycles. The fourth-order valence-corrected chi connectivity index (χ4v) is 4.36. The molecular weight excluding hydrogens is 429 g/mol. The van der Waals surface area contributed by atoms with Crippen LogP contribution in [0.15, 0.2) is 52.3 Å². The fraction of sp³-hybridized carbons (Fsp3) is 0.200. The highest BCUT2D eigenvalue weighted by Gasteiger charge is 2.31. The van der Waals surface area contributed by atoms with E-state index in [1.54, 1.807) is 0 Å². The molecule has 0 aliphatic heterocycles. The number of hydrogen-bond acceptors (Lipinski definition) is 4. The lowest BCUT2D eigenvalue weighted by molar-refractivity contribution is -0.137. The summed E-state index contributed by atoms with van der Waals surface area (Å²) in [7, 11) is -5.74. The highest BCUT2D eigenvalue weighted by atomic mass is 35.5. The third-order valence-corrected chi connectivity index (χ3v) is 6.94. The van der Waals surface area contributed by atoms with E-state index in [0.717, 1.165) is 22.5 Å². The molecule has 0 fully saturated rings. The van der Waals surface area contributed by atoms with Gasteiger partial charge in [0, 0.05) is 14.1 Å². The molecule has 0 spiro atoms. The van der Waals surface area contributed by atoms with Crippen molar-refractivity contribution in [3.63, 3.8) is 0 Å². The molecule has 0 aliphatic rings. The summed E-state index contributed by atoms with van der Waals surface area (Å²) in [5, 5.41) is -0.247. The second-order valence-corrected chi connectivity index (χ2v) is 9.80. The van der Waals surface area contributed by atoms with Gasteiger partial charge in [-0.15, -0.1) is 0 Å². The van der Waals surface area contributed by atoms with Crippen molar-refractivity contribution in [2.24, 2.45) is 0 Å². The number of sulfonamides is 2. The monoisotopic (exact) mass is 442 g/mol. The number of alkyl halides is 3. The van der Waals surface area contributed by atoms with Gasteiger partial charge in [0.1, 0.15) is 0 Å². The maximum absolute atomic E-state index is 12.8.